The minimum atomic E-state index is -3.76. The third-order valence-corrected chi connectivity index (χ3v) is 6.93. The molecule has 1 aliphatic heterocycles. The van der Waals surface area contributed by atoms with Crippen molar-refractivity contribution in [2.75, 3.05) is 13.1 Å². The Kier molecular flexibility index (Phi) is 5.35. The van der Waals surface area contributed by atoms with Gasteiger partial charge < -0.3 is 4.74 Å². The van der Waals surface area contributed by atoms with Crippen molar-refractivity contribution in [3.63, 3.8) is 0 Å². The molecule has 1 fully saturated rings. The molecule has 2 aromatic carbocycles. The summed E-state index contributed by atoms with van der Waals surface area (Å²) >= 11 is 0. The van der Waals surface area contributed by atoms with Crippen molar-refractivity contribution in [1.82, 2.24) is 14.3 Å². The first-order chi connectivity index (χ1) is 14.4. The lowest BCUT2D eigenvalue weighted by Crippen LogP contribution is -2.27. The Morgan fingerprint density at radius 1 is 1.10 bits per heavy atom. The Hall–Kier alpha value is -3.11. The maximum Gasteiger partial charge on any atom is 0.312 e. The number of sulfonamides is 1. The summed E-state index contributed by atoms with van der Waals surface area (Å²) in [6.07, 6.45) is 1.57. The highest BCUT2D eigenvalue weighted by Gasteiger charge is 2.30. The molecule has 0 spiro atoms. The normalized spacial score (nSPS) is 14.8. The predicted molar refractivity (Wildman–Crippen MR) is 110 cm³/mol. The second-order valence-electron chi connectivity index (χ2n) is 7.03. The van der Waals surface area contributed by atoms with E-state index in [1.54, 1.807) is 6.92 Å². The number of benzene rings is 2. The summed E-state index contributed by atoms with van der Waals surface area (Å²) in [5.74, 6) is -0.0188. The third kappa shape index (κ3) is 3.83. The summed E-state index contributed by atoms with van der Waals surface area (Å²) in [4.78, 5) is 19.8. The van der Waals surface area contributed by atoms with Crippen molar-refractivity contribution in [1.29, 1.82) is 0 Å². The van der Waals surface area contributed by atoms with Crippen molar-refractivity contribution in [3.05, 3.63) is 64.0 Å². The van der Waals surface area contributed by atoms with Crippen molar-refractivity contribution >= 4 is 26.7 Å². The Labute approximate surface area is 173 Å². The van der Waals surface area contributed by atoms with E-state index in [1.165, 1.54) is 16.4 Å². The molecule has 0 N–H and O–H groups in total. The van der Waals surface area contributed by atoms with E-state index in [0.717, 1.165) is 24.4 Å². The van der Waals surface area contributed by atoms with Gasteiger partial charge in [-0.2, -0.15) is 4.31 Å². The lowest BCUT2D eigenvalue weighted by Gasteiger charge is -2.16. The number of ether oxygens (including phenoxy) is 1. The van der Waals surface area contributed by atoms with Crippen LogP contribution in [0.25, 0.3) is 11.0 Å². The van der Waals surface area contributed by atoms with E-state index in [0.29, 0.717) is 30.0 Å². The summed E-state index contributed by atoms with van der Waals surface area (Å²) in [5, 5.41) is 11.6. The summed E-state index contributed by atoms with van der Waals surface area (Å²) in [6.45, 7) is 2.61. The van der Waals surface area contributed by atoms with Gasteiger partial charge in [0.2, 0.25) is 10.0 Å². The predicted octanol–water partition coefficient (Wildman–Crippen LogP) is 3.21. The fourth-order valence-electron chi connectivity index (χ4n) is 3.41. The number of rotatable bonds is 6. The molecule has 0 unspecified atom stereocenters. The van der Waals surface area contributed by atoms with Crippen LogP contribution >= 0.6 is 0 Å². The average molecular weight is 428 g/mol. The van der Waals surface area contributed by atoms with Gasteiger partial charge in [-0.25, -0.2) is 18.4 Å². The Morgan fingerprint density at radius 2 is 1.77 bits per heavy atom. The Balaban J connectivity index is 1.62. The van der Waals surface area contributed by atoms with E-state index >= 15 is 0 Å². The highest BCUT2D eigenvalue weighted by atomic mass is 32.2. The van der Waals surface area contributed by atoms with E-state index in [9.17, 15) is 18.5 Å². The lowest BCUT2D eigenvalue weighted by molar-refractivity contribution is -0.386. The van der Waals surface area contributed by atoms with Crippen molar-refractivity contribution < 1.29 is 18.1 Å². The largest absolute Gasteiger partial charge is 0.480 e. The number of aryl methyl sites for hydroxylation is 1. The fraction of sp³-hybridized carbons (Fsp3) is 0.300. The molecule has 0 bridgehead atoms. The molecule has 2 heterocycles. The minimum Gasteiger partial charge on any atom is -0.480 e. The van der Waals surface area contributed by atoms with Gasteiger partial charge in [0.15, 0.2) is 5.75 Å². The first kappa shape index (κ1) is 20.2. The zero-order valence-electron chi connectivity index (χ0n) is 16.3. The highest BCUT2D eigenvalue weighted by Crippen LogP contribution is 2.32. The molecule has 156 valence electrons. The number of hydrogen-bond acceptors (Lipinski definition) is 7. The van der Waals surface area contributed by atoms with Crippen LogP contribution in [0.5, 0.6) is 5.75 Å². The van der Waals surface area contributed by atoms with Crippen LogP contribution in [0.3, 0.4) is 0 Å². The molecular formula is C20H20N4O5S. The van der Waals surface area contributed by atoms with Crippen LogP contribution in [0.4, 0.5) is 5.69 Å². The standard InChI is InChI=1S/C20H20N4O5S/c1-14-18(22-17-7-3-2-6-16(17)21-14)13-29-20-9-8-15(12-19(20)24(25)26)30(27,28)23-10-4-5-11-23/h2-3,6-9,12H,4-5,10-11,13H2,1H3. The van der Waals surface area contributed by atoms with E-state index in [-0.39, 0.29) is 17.3 Å². The summed E-state index contributed by atoms with van der Waals surface area (Å²) in [5.41, 5.74) is 2.26. The van der Waals surface area contributed by atoms with E-state index in [2.05, 4.69) is 9.97 Å². The summed E-state index contributed by atoms with van der Waals surface area (Å²) in [7, 11) is -3.76. The highest BCUT2D eigenvalue weighted by molar-refractivity contribution is 7.89. The number of nitro benzene ring substituents is 1. The molecule has 9 nitrogen and oxygen atoms in total. The number of nitro groups is 1. The maximum atomic E-state index is 12.7. The molecule has 0 amide bonds. The van der Waals surface area contributed by atoms with Gasteiger partial charge in [0.25, 0.3) is 0 Å². The molecule has 0 aliphatic carbocycles. The van der Waals surface area contributed by atoms with Crippen LogP contribution in [-0.2, 0) is 16.6 Å². The van der Waals surface area contributed by atoms with Gasteiger partial charge in [-0.3, -0.25) is 10.1 Å². The number of para-hydroxylation sites is 2. The van der Waals surface area contributed by atoms with Crippen LogP contribution in [-0.4, -0.2) is 40.7 Å². The molecule has 1 saturated heterocycles. The van der Waals surface area contributed by atoms with Gasteiger partial charge in [-0.15, -0.1) is 0 Å². The Bertz CT molecular complexity index is 1220. The van der Waals surface area contributed by atoms with Gasteiger partial charge in [0.1, 0.15) is 6.61 Å². The van der Waals surface area contributed by atoms with Gasteiger partial charge in [-0.05, 0) is 44.0 Å². The van der Waals surface area contributed by atoms with Crippen molar-refractivity contribution in [2.45, 2.75) is 31.3 Å². The average Bonchev–Trinajstić information content (AvgIpc) is 3.28. The summed E-state index contributed by atoms with van der Waals surface area (Å²) in [6, 6.07) is 11.1. The maximum absolute atomic E-state index is 12.7. The molecule has 30 heavy (non-hydrogen) atoms. The van der Waals surface area contributed by atoms with Crippen molar-refractivity contribution in [3.8, 4) is 5.75 Å². The number of hydrogen-bond donors (Lipinski definition) is 0. The quantitative estimate of drug-likeness (QED) is 0.437. The number of fused-ring (bicyclic) bond motifs is 1. The molecule has 0 saturated carbocycles. The lowest BCUT2D eigenvalue weighted by atomic mass is 10.2. The number of aromatic nitrogens is 2. The molecule has 3 aromatic rings. The summed E-state index contributed by atoms with van der Waals surface area (Å²) < 4.78 is 32.4. The van der Waals surface area contributed by atoms with Crippen LogP contribution < -0.4 is 4.74 Å². The van der Waals surface area contributed by atoms with Crippen LogP contribution in [0.1, 0.15) is 24.2 Å². The molecular weight excluding hydrogens is 408 g/mol. The van der Waals surface area contributed by atoms with Gasteiger partial charge in [0, 0.05) is 19.2 Å². The second kappa shape index (κ2) is 7.96. The van der Waals surface area contributed by atoms with Gasteiger partial charge in [0.05, 0.1) is 32.2 Å². The van der Waals surface area contributed by atoms with E-state index in [1.807, 2.05) is 24.3 Å². The third-order valence-electron chi connectivity index (χ3n) is 5.04. The fourth-order valence-corrected chi connectivity index (χ4v) is 4.95. The SMILES string of the molecule is Cc1nc2ccccc2nc1COc1ccc(S(=O)(=O)N2CCCC2)cc1[N+](=O)[O-]. The van der Waals surface area contributed by atoms with Crippen LogP contribution in [0, 0.1) is 17.0 Å². The number of nitrogens with zero attached hydrogens (tertiary/aromatic N) is 4. The zero-order chi connectivity index (χ0) is 21.3. The molecule has 4 rings (SSSR count). The van der Waals surface area contributed by atoms with E-state index in [4.69, 9.17) is 4.74 Å². The molecule has 1 aliphatic rings. The van der Waals surface area contributed by atoms with Crippen LogP contribution in [0.15, 0.2) is 47.4 Å². The molecule has 0 atom stereocenters. The second-order valence-corrected chi connectivity index (χ2v) is 8.97. The smallest absolute Gasteiger partial charge is 0.312 e. The first-order valence-corrected chi connectivity index (χ1v) is 10.9. The Morgan fingerprint density at radius 3 is 2.43 bits per heavy atom. The van der Waals surface area contributed by atoms with Gasteiger partial charge in [-0.1, -0.05) is 12.1 Å². The van der Waals surface area contributed by atoms with Crippen LogP contribution in [0.2, 0.25) is 0 Å². The first-order valence-electron chi connectivity index (χ1n) is 9.50. The molecule has 10 heteroatoms. The topological polar surface area (TPSA) is 116 Å². The molecule has 1 aromatic heterocycles. The van der Waals surface area contributed by atoms with E-state index < -0.39 is 20.6 Å². The van der Waals surface area contributed by atoms with Crippen molar-refractivity contribution in [2.24, 2.45) is 0 Å². The molecule has 0 radical (unpaired) electrons. The zero-order valence-corrected chi connectivity index (χ0v) is 17.1. The van der Waals surface area contributed by atoms with Gasteiger partial charge >= 0.3 is 5.69 Å². The minimum absolute atomic E-state index is 0.0188. The monoisotopic (exact) mass is 428 g/mol.